The van der Waals surface area contributed by atoms with Crippen molar-refractivity contribution in [1.82, 2.24) is 9.55 Å². The quantitative estimate of drug-likeness (QED) is 0.860. The van der Waals surface area contributed by atoms with Gasteiger partial charge in [0.05, 0.1) is 0 Å². The van der Waals surface area contributed by atoms with Gasteiger partial charge in [0.25, 0.3) is 0 Å². The van der Waals surface area contributed by atoms with E-state index in [0.29, 0.717) is 28.1 Å². The van der Waals surface area contributed by atoms with Gasteiger partial charge in [0, 0.05) is 28.6 Å². The maximum atomic E-state index is 6.16. The van der Waals surface area contributed by atoms with Crippen LogP contribution in [0.25, 0.3) is 11.3 Å². The Morgan fingerprint density at radius 1 is 1.32 bits per heavy atom. The van der Waals surface area contributed by atoms with Gasteiger partial charge in [0.2, 0.25) is 0 Å². The molecule has 0 fully saturated rings. The van der Waals surface area contributed by atoms with Crippen LogP contribution in [-0.2, 0) is 13.0 Å². The Kier molecular flexibility index (Phi) is 4.17. The highest BCUT2D eigenvalue weighted by Crippen LogP contribution is 2.31. The number of rotatable bonds is 4. The Balaban J connectivity index is 2.58. The smallest absolute Gasteiger partial charge is 0.132 e. The van der Waals surface area contributed by atoms with Crippen LogP contribution in [0.2, 0.25) is 10.0 Å². The SMILES string of the molecule is C=CCn1c(CC)nc(-c2cc(Cl)cc(Cl)c2)c1N. The summed E-state index contributed by atoms with van der Waals surface area (Å²) in [5.41, 5.74) is 7.70. The number of nitrogens with zero attached hydrogens (tertiary/aromatic N) is 2. The lowest BCUT2D eigenvalue weighted by Crippen LogP contribution is -2.05. The van der Waals surface area contributed by atoms with Gasteiger partial charge in [0.15, 0.2) is 0 Å². The lowest BCUT2D eigenvalue weighted by atomic mass is 10.1. The number of allylic oxidation sites excluding steroid dienone is 1. The number of hydrogen-bond donors (Lipinski definition) is 1. The second-order valence-corrected chi connectivity index (χ2v) is 5.05. The number of nitrogen functional groups attached to an aromatic ring is 1. The fourth-order valence-electron chi connectivity index (χ4n) is 2.02. The van der Waals surface area contributed by atoms with Gasteiger partial charge in [-0.25, -0.2) is 4.98 Å². The fourth-order valence-corrected chi connectivity index (χ4v) is 2.55. The molecule has 3 nitrogen and oxygen atoms in total. The van der Waals surface area contributed by atoms with E-state index >= 15 is 0 Å². The molecule has 0 atom stereocenters. The molecule has 0 bridgehead atoms. The van der Waals surface area contributed by atoms with Crippen molar-refractivity contribution < 1.29 is 0 Å². The van der Waals surface area contributed by atoms with Crippen LogP contribution in [0.4, 0.5) is 5.82 Å². The Morgan fingerprint density at radius 2 is 1.95 bits per heavy atom. The van der Waals surface area contributed by atoms with E-state index in [4.69, 9.17) is 28.9 Å². The van der Waals surface area contributed by atoms with Crippen molar-refractivity contribution in [3.63, 3.8) is 0 Å². The molecule has 2 N–H and O–H groups in total. The maximum Gasteiger partial charge on any atom is 0.132 e. The molecule has 1 heterocycles. The first-order valence-corrected chi connectivity index (χ1v) is 6.74. The van der Waals surface area contributed by atoms with Crippen molar-refractivity contribution in [3.05, 3.63) is 46.7 Å². The van der Waals surface area contributed by atoms with E-state index in [2.05, 4.69) is 11.6 Å². The van der Waals surface area contributed by atoms with Crippen molar-refractivity contribution in [1.29, 1.82) is 0 Å². The Labute approximate surface area is 122 Å². The van der Waals surface area contributed by atoms with Crippen molar-refractivity contribution in [2.24, 2.45) is 0 Å². The molecule has 0 aliphatic heterocycles. The zero-order valence-corrected chi connectivity index (χ0v) is 12.2. The largest absolute Gasteiger partial charge is 0.383 e. The predicted octanol–water partition coefficient (Wildman–Crippen LogP) is 4.19. The Bertz CT molecular complexity index is 597. The molecule has 0 aliphatic carbocycles. The van der Waals surface area contributed by atoms with E-state index in [1.165, 1.54) is 0 Å². The number of benzene rings is 1. The normalized spacial score (nSPS) is 10.7. The van der Waals surface area contributed by atoms with Gasteiger partial charge in [-0.3, -0.25) is 0 Å². The predicted molar refractivity (Wildman–Crippen MR) is 81.7 cm³/mol. The third kappa shape index (κ3) is 2.77. The van der Waals surface area contributed by atoms with Crippen LogP contribution in [-0.4, -0.2) is 9.55 Å². The molecule has 0 amide bonds. The molecule has 0 aliphatic rings. The first-order chi connectivity index (χ1) is 9.06. The maximum absolute atomic E-state index is 6.16. The van der Waals surface area contributed by atoms with Crippen molar-refractivity contribution in [2.45, 2.75) is 19.9 Å². The van der Waals surface area contributed by atoms with E-state index in [0.717, 1.165) is 17.8 Å². The summed E-state index contributed by atoms with van der Waals surface area (Å²) >= 11 is 12.0. The van der Waals surface area contributed by atoms with Gasteiger partial charge in [-0.15, -0.1) is 6.58 Å². The number of anilines is 1. The van der Waals surface area contributed by atoms with Gasteiger partial charge in [-0.05, 0) is 18.2 Å². The lowest BCUT2D eigenvalue weighted by Gasteiger charge is -2.05. The summed E-state index contributed by atoms with van der Waals surface area (Å²) < 4.78 is 1.94. The van der Waals surface area contributed by atoms with Crippen molar-refractivity contribution >= 4 is 29.0 Å². The first kappa shape index (κ1) is 14.0. The van der Waals surface area contributed by atoms with Crippen molar-refractivity contribution in [3.8, 4) is 11.3 Å². The van der Waals surface area contributed by atoms with Gasteiger partial charge >= 0.3 is 0 Å². The van der Waals surface area contributed by atoms with Crippen LogP contribution in [0.15, 0.2) is 30.9 Å². The molecular weight excluding hydrogens is 281 g/mol. The summed E-state index contributed by atoms with van der Waals surface area (Å²) in [7, 11) is 0. The number of nitrogens with two attached hydrogens (primary N) is 1. The Morgan fingerprint density at radius 3 is 2.47 bits per heavy atom. The third-order valence-electron chi connectivity index (χ3n) is 2.85. The van der Waals surface area contributed by atoms with Gasteiger partial charge in [0.1, 0.15) is 17.3 Å². The van der Waals surface area contributed by atoms with E-state index in [1.807, 2.05) is 23.6 Å². The molecule has 1 aromatic heterocycles. The standard InChI is InChI=1S/C14H15Cl2N3/c1-3-5-19-12(4-2)18-13(14(19)17)9-6-10(15)8-11(16)7-9/h3,6-8H,1,4-5,17H2,2H3. The van der Waals surface area contributed by atoms with Crippen LogP contribution < -0.4 is 5.73 Å². The lowest BCUT2D eigenvalue weighted by molar-refractivity contribution is 0.757. The molecule has 100 valence electrons. The molecule has 0 unspecified atom stereocenters. The number of imidazole rings is 1. The highest BCUT2D eigenvalue weighted by molar-refractivity contribution is 6.35. The molecule has 2 rings (SSSR count). The fraction of sp³-hybridized carbons (Fsp3) is 0.214. The second-order valence-electron chi connectivity index (χ2n) is 4.17. The van der Waals surface area contributed by atoms with Crippen LogP contribution in [0, 0.1) is 0 Å². The molecule has 0 saturated heterocycles. The minimum atomic E-state index is 0.568. The van der Waals surface area contributed by atoms with Gasteiger partial charge < -0.3 is 10.3 Å². The highest BCUT2D eigenvalue weighted by atomic mass is 35.5. The monoisotopic (exact) mass is 295 g/mol. The number of aromatic nitrogens is 2. The van der Waals surface area contributed by atoms with E-state index in [1.54, 1.807) is 12.1 Å². The van der Waals surface area contributed by atoms with E-state index in [9.17, 15) is 0 Å². The molecule has 0 radical (unpaired) electrons. The van der Waals surface area contributed by atoms with Gasteiger partial charge in [-0.1, -0.05) is 36.2 Å². The third-order valence-corrected chi connectivity index (χ3v) is 3.29. The minimum absolute atomic E-state index is 0.568. The molecular formula is C14H15Cl2N3. The van der Waals surface area contributed by atoms with E-state index < -0.39 is 0 Å². The van der Waals surface area contributed by atoms with Crippen LogP contribution in [0.1, 0.15) is 12.7 Å². The van der Waals surface area contributed by atoms with E-state index in [-0.39, 0.29) is 0 Å². The van der Waals surface area contributed by atoms with Crippen LogP contribution in [0.5, 0.6) is 0 Å². The minimum Gasteiger partial charge on any atom is -0.383 e. The number of hydrogen-bond acceptors (Lipinski definition) is 2. The second kappa shape index (κ2) is 5.68. The number of halogens is 2. The van der Waals surface area contributed by atoms with Gasteiger partial charge in [-0.2, -0.15) is 0 Å². The summed E-state index contributed by atoms with van der Waals surface area (Å²) in [4.78, 5) is 4.57. The molecule has 2 aromatic rings. The molecule has 19 heavy (non-hydrogen) atoms. The zero-order chi connectivity index (χ0) is 14.0. The topological polar surface area (TPSA) is 43.8 Å². The molecule has 0 spiro atoms. The number of aryl methyl sites for hydroxylation is 1. The molecule has 0 saturated carbocycles. The zero-order valence-electron chi connectivity index (χ0n) is 10.7. The summed E-state index contributed by atoms with van der Waals surface area (Å²) in [5.74, 6) is 1.53. The molecule has 5 heteroatoms. The highest BCUT2D eigenvalue weighted by Gasteiger charge is 2.15. The first-order valence-electron chi connectivity index (χ1n) is 5.99. The summed E-state index contributed by atoms with van der Waals surface area (Å²) in [6, 6.07) is 5.30. The average Bonchev–Trinajstić information content (AvgIpc) is 2.66. The van der Waals surface area contributed by atoms with Crippen LogP contribution in [0.3, 0.4) is 0 Å². The summed E-state index contributed by atoms with van der Waals surface area (Å²) in [6.45, 7) is 6.41. The summed E-state index contributed by atoms with van der Waals surface area (Å²) in [5, 5.41) is 1.14. The van der Waals surface area contributed by atoms with Crippen molar-refractivity contribution in [2.75, 3.05) is 5.73 Å². The molecule has 1 aromatic carbocycles. The average molecular weight is 296 g/mol. The Hall–Kier alpha value is -1.45. The van der Waals surface area contributed by atoms with Crippen LogP contribution >= 0.6 is 23.2 Å². The summed E-state index contributed by atoms with van der Waals surface area (Å²) in [6.07, 6.45) is 2.60.